The molecule has 0 aliphatic rings. The first-order valence-electron chi connectivity index (χ1n) is 8.14. The molecule has 0 radical (unpaired) electrons. The standard InChI is InChI=1S/C20H19N2Se.ClHO4/c1-22(2)15-21-20-18(16-9-5-3-6-10-16)13-14-19(23-20)17-11-7-4-8-12-17;2-1(3,4)5/h3-15H,1-2H3;(H,2,3,4,5)/q+1;/p-1. The summed E-state index contributed by atoms with van der Waals surface area (Å²) in [5, 5.41) is 0. The van der Waals surface area contributed by atoms with Crippen LogP contribution in [0.15, 0.2) is 77.8 Å². The molecule has 0 amide bonds. The molecule has 0 N–H and O–H groups in total. The second-order valence-electron chi connectivity index (χ2n) is 5.84. The predicted octanol–water partition coefficient (Wildman–Crippen LogP) is -1.48. The van der Waals surface area contributed by atoms with Crippen LogP contribution in [0.3, 0.4) is 0 Å². The Labute approximate surface area is 171 Å². The van der Waals surface area contributed by atoms with Gasteiger partial charge in [0.1, 0.15) is 0 Å². The third-order valence-corrected chi connectivity index (χ3v) is 5.72. The molecule has 6 nitrogen and oxygen atoms in total. The van der Waals surface area contributed by atoms with Gasteiger partial charge in [-0.25, -0.2) is 18.6 Å². The van der Waals surface area contributed by atoms with Crippen LogP contribution in [0, 0.1) is 10.2 Å². The second-order valence-corrected chi connectivity index (χ2v) is 8.75. The number of halogens is 1. The molecule has 1 heterocycles. The maximum absolute atomic E-state index is 8.49. The molecule has 146 valence electrons. The van der Waals surface area contributed by atoms with Gasteiger partial charge in [0.2, 0.25) is 0 Å². The van der Waals surface area contributed by atoms with E-state index in [0.29, 0.717) is 0 Å². The molecule has 0 unspecified atom stereocenters. The van der Waals surface area contributed by atoms with Gasteiger partial charge in [0.05, 0.1) is 0 Å². The first-order valence-corrected chi connectivity index (χ1v) is 11.1. The van der Waals surface area contributed by atoms with E-state index in [0.717, 1.165) is 0 Å². The Balaban J connectivity index is 0.000000500. The van der Waals surface area contributed by atoms with Crippen LogP contribution >= 0.6 is 0 Å². The molecule has 0 saturated heterocycles. The van der Waals surface area contributed by atoms with Crippen molar-refractivity contribution in [3.05, 3.63) is 77.0 Å². The van der Waals surface area contributed by atoms with E-state index in [-0.39, 0.29) is 14.5 Å². The number of rotatable bonds is 3. The minimum atomic E-state index is -4.94. The molecule has 8 heteroatoms. The molecular formula is C20H19ClN2O4Se. The Morgan fingerprint density at radius 2 is 1.29 bits per heavy atom. The average Bonchev–Trinajstić information content (AvgIpc) is 2.66. The molecule has 3 rings (SSSR count). The Kier molecular flexibility index (Phi) is 8.29. The number of hydrogen-bond donors (Lipinski definition) is 0. The number of nitrogens with zero attached hydrogens (tertiary/aromatic N) is 2. The third kappa shape index (κ3) is 7.88. The number of hydrogen-bond acceptors (Lipinski definition) is 4. The normalized spacial score (nSPS) is 11.4. The van der Waals surface area contributed by atoms with Gasteiger partial charge in [0.25, 0.3) is 0 Å². The van der Waals surface area contributed by atoms with E-state index in [9.17, 15) is 0 Å². The van der Waals surface area contributed by atoms with E-state index in [1.807, 2.05) is 31.1 Å². The van der Waals surface area contributed by atoms with Crippen LogP contribution in [0.25, 0.3) is 21.1 Å². The van der Waals surface area contributed by atoms with Crippen LogP contribution in [0.2, 0.25) is 0 Å². The second kappa shape index (κ2) is 10.5. The zero-order valence-corrected chi connectivity index (χ0v) is 17.8. The number of benzene rings is 2. The summed E-state index contributed by atoms with van der Waals surface area (Å²) in [6, 6.07) is 25.5. The SMILES string of the molecule is C[N+](C)=CN=c1[se]c(-c2ccccc2)ccc1-c1ccccc1.[O-][Cl+3]([O-])([O-])[O-]. The maximum Gasteiger partial charge on any atom is -0.112 e. The van der Waals surface area contributed by atoms with E-state index in [4.69, 9.17) is 23.6 Å². The quantitative estimate of drug-likeness (QED) is 0.203. The maximum atomic E-state index is 8.49. The molecule has 0 aliphatic heterocycles. The summed E-state index contributed by atoms with van der Waals surface area (Å²) in [4.78, 5) is 4.75. The summed E-state index contributed by atoms with van der Waals surface area (Å²) >= 11 is 0.188. The first-order chi connectivity index (χ1) is 13.2. The zero-order valence-electron chi connectivity index (χ0n) is 15.3. The molecule has 3 aromatic rings. The fourth-order valence-corrected chi connectivity index (χ4v) is 4.37. The molecule has 1 aromatic heterocycles. The van der Waals surface area contributed by atoms with Gasteiger partial charge >= 0.3 is 143 Å². The van der Waals surface area contributed by atoms with Crippen molar-refractivity contribution in [1.82, 2.24) is 0 Å². The molecule has 0 fully saturated rings. The van der Waals surface area contributed by atoms with Crippen molar-refractivity contribution < 1.29 is 33.5 Å². The smallest absolute Gasteiger partial charge is 0.112 e. The predicted molar refractivity (Wildman–Crippen MR) is 98.0 cm³/mol. The van der Waals surface area contributed by atoms with E-state index in [1.54, 1.807) is 0 Å². The summed E-state index contributed by atoms with van der Waals surface area (Å²) in [5.41, 5.74) is 3.74. The molecule has 0 atom stereocenters. The Hall–Kier alpha value is -2.09. The summed E-state index contributed by atoms with van der Waals surface area (Å²) in [5.74, 6) is 0. The van der Waals surface area contributed by atoms with Crippen molar-refractivity contribution in [2.75, 3.05) is 14.1 Å². The Morgan fingerprint density at radius 3 is 1.79 bits per heavy atom. The van der Waals surface area contributed by atoms with Gasteiger partial charge in [-0.15, -0.1) is 10.2 Å². The Morgan fingerprint density at radius 1 is 0.786 bits per heavy atom. The van der Waals surface area contributed by atoms with Crippen LogP contribution in [0.4, 0.5) is 0 Å². The van der Waals surface area contributed by atoms with Crippen molar-refractivity contribution in [3.63, 3.8) is 0 Å². The van der Waals surface area contributed by atoms with E-state index in [1.165, 1.54) is 25.4 Å². The molecular weight excluding hydrogens is 447 g/mol. The van der Waals surface area contributed by atoms with E-state index >= 15 is 0 Å². The molecule has 28 heavy (non-hydrogen) atoms. The molecule has 2 aromatic carbocycles. The monoisotopic (exact) mass is 466 g/mol. The van der Waals surface area contributed by atoms with Crippen molar-refractivity contribution in [1.29, 1.82) is 0 Å². The van der Waals surface area contributed by atoms with Crippen molar-refractivity contribution >= 4 is 20.8 Å². The summed E-state index contributed by atoms with van der Waals surface area (Å²) in [6.07, 6.45) is 1.89. The molecule has 0 saturated carbocycles. The fourth-order valence-electron chi connectivity index (χ4n) is 2.28. The van der Waals surface area contributed by atoms with Gasteiger partial charge in [0, 0.05) is 0 Å². The van der Waals surface area contributed by atoms with Crippen LogP contribution < -0.4 is 22.9 Å². The van der Waals surface area contributed by atoms with Crippen LogP contribution in [0.1, 0.15) is 0 Å². The van der Waals surface area contributed by atoms with Gasteiger partial charge in [0.15, 0.2) is 0 Å². The summed E-state index contributed by atoms with van der Waals surface area (Å²) < 4.78 is 38.5. The molecule has 0 aliphatic carbocycles. The average molecular weight is 466 g/mol. The zero-order chi connectivity index (χ0) is 20.6. The molecule has 0 spiro atoms. The van der Waals surface area contributed by atoms with Crippen LogP contribution in [0.5, 0.6) is 0 Å². The third-order valence-electron chi connectivity index (χ3n) is 3.39. The summed E-state index contributed by atoms with van der Waals surface area (Å²) in [6.45, 7) is 0. The van der Waals surface area contributed by atoms with Gasteiger partial charge in [-0.3, -0.25) is 0 Å². The van der Waals surface area contributed by atoms with Crippen molar-refractivity contribution in [3.8, 4) is 21.1 Å². The topological polar surface area (TPSA) is 108 Å². The van der Waals surface area contributed by atoms with Crippen molar-refractivity contribution in [2.45, 2.75) is 0 Å². The van der Waals surface area contributed by atoms with Crippen molar-refractivity contribution in [2.24, 2.45) is 4.99 Å². The van der Waals surface area contributed by atoms with Gasteiger partial charge in [-0.1, -0.05) is 0 Å². The van der Waals surface area contributed by atoms with Crippen LogP contribution in [-0.2, 0) is 0 Å². The van der Waals surface area contributed by atoms with Gasteiger partial charge in [-0.2, -0.15) is 0 Å². The summed E-state index contributed by atoms with van der Waals surface area (Å²) in [7, 11) is -0.945. The Bertz CT molecular complexity index is 974. The first kappa shape index (κ1) is 22.2. The minimum Gasteiger partial charge on any atom is -0.222 e. The minimum absolute atomic E-state index is 0.188. The van der Waals surface area contributed by atoms with E-state index < -0.39 is 10.2 Å². The van der Waals surface area contributed by atoms with E-state index in [2.05, 4.69) is 66.7 Å². The van der Waals surface area contributed by atoms with Gasteiger partial charge < -0.3 is 0 Å². The fraction of sp³-hybridized carbons (Fsp3) is 0.100. The van der Waals surface area contributed by atoms with Gasteiger partial charge in [-0.05, 0) is 0 Å². The van der Waals surface area contributed by atoms with Crippen LogP contribution in [-0.4, -0.2) is 39.5 Å². The largest absolute Gasteiger partial charge is 0.222 e. The molecule has 0 bridgehead atoms.